The Labute approximate surface area is 187 Å². The van der Waals surface area contributed by atoms with E-state index in [-0.39, 0.29) is 23.9 Å². The fourth-order valence-corrected chi connectivity index (χ4v) is 5.19. The third kappa shape index (κ3) is 2.89. The van der Waals surface area contributed by atoms with E-state index in [1.807, 2.05) is 78.0 Å². The van der Waals surface area contributed by atoms with Gasteiger partial charge in [0.25, 0.3) is 11.8 Å². The molecule has 1 atom stereocenters. The van der Waals surface area contributed by atoms with Crippen LogP contribution in [0.4, 0.5) is 0 Å². The molecule has 6 heteroatoms. The van der Waals surface area contributed by atoms with Gasteiger partial charge in [0.2, 0.25) is 0 Å². The van der Waals surface area contributed by atoms with E-state index in [2.05, 4.69) is 4.90 Å². The molecule has 6 nitrogen and oxygen atoms in total. The van der Waals surface area contributed by atoms with Gasteiger partial charge in [0.15, 0.2) is 0 Å². The number of benzene rings is 2. The number of carbonyl (C=O) groups excluding carboxylic acids is 2. The maximum atomic E-state index is 13.7. The summed E-state index contributed by atoms with van der Waals surface area (Å²) in [5.74, 6) is 0.586. The number of aryl methyl sites for hydroxylation is 2. The average molecular weight is 427 g/mol. The average Bonchev–Trinajstić information content (AvgIpc) is 3.49. The minimum Gasteiger partial charge on any atom is -0.334 e. The summed E-state index contributed by atoms with van der Waals surface area (Å²) in [5.41, 5.74) is 5.48. The molecular formula is C26H26N4O2. The number of fused-ring (bicyclic) bond motifs is 1. The van der Waals surface area contributed by atoms with Crippen molar-refractivity contribution in [1.82, 2.24) is 19.6 Å². The van der Waals surface area contributed by atoms with E-state index >= 15 is 0 Å². The highest BCUT2D eigenvalue weighted by atomic mass is 16.2. The molecule has 1 saturated heterocycles. The predicted molar refractivity (Wildman–Crippen MR) is 121 cm³/mol. The van der Waals surface area contributed by atoms with E-state index in [1.165, 1.54) is 0 Å². The molecule has 0 N–H and O–H groups in total. The van der Waals surface area contributed by atoms with Crippen molar-refractivity contribution in [3.63, 3.8) is 0 Å². The van der Waals surface area contributed by atoms with Gasteiger partial charge in [-0.1, -0.05) is 35.9 Å². The lowest BCUT2D eigenvalue weighted by Crippen LogP contribution is -2.62. The topological polar surface area (TPSA) is 58.4 Å². The Morgan fingerprint density at radius 2 is 1.66 bits per heavy atom. The van der Waals surface area contributed by atoms with Crippen LogP contribution in [0.2, 0.25) is 0 Å². The Balaban J connectivity index is 1.28. The smallest absolute Gasteiger partial charge is 0.273 e. The quantitative estimate of drug-likeness (QED) is 0.635. The molecule has 0 spiro atoms. The second-order valence-electron chi connectivity index (χ2n) is 9.32. The van der Waals surface area contributed by atoms with Gasteiger partial charge < -0.3 is 9.80 Å². The first-order valence-corrected chi connectivity index (χ1v) is 11.4. The largest absolute Gasteiger partial charge is 0.334 e. The van der Waals surface area contributed by atoms with Gasteiger partial charge >= 0.3 is 0 Å². The Kier molecular flexibility index (Phi) is 4.25. The zero-order valence-corrected chi connectivity index (χ0v) is 18.4. The van der Waals surface area contributed by atoms with E-state index in [0.29, 0.717) is 30.3 Å². The van der Waals surface area contributed by atoms with Crippen molar-refractivity contribution < 1.29 is 9.59 Å². The summed E-state index contributed by atoms with van der Waals surface area (Å²) in [4.78, 5) is 30.5. The lowest BCUT2D eigenvalue weighted by molar-refractivity contribution is 0.0115. The lowest BCUT2D eigenvalue weighted by atomic mass is 9.99. The number of amides is 2. The molecule has 1 unspecified atom stereocenters. The molecule has 2 aromatic carbocycles. The van der Waals surface area contributed by atoms with Gasteiger partial charge in [0.1, 0.15) is 5.69 Å². The highest BCUT2D eigenvalue weighted by molar-refractivity contribution is 5.99. The molecule has 3 aromatic rings. The van der Waals surface area contributed by atoms with Crippen molar-refractivity contribution >= 4 is 11.8 Å². The van der Waals surface area contributed by atoms with Gasteiger partial charge in [0, 0.05) is 24.2 Å². The van der Waals surface area contributed by atoms with Crippen LogP contribution < -0.4 is 0 Å². The minimum atomic E-state index is 0.0417. The first-order chi connectivity index (χ1) is 15.5. The molecule has 1 aromatic heterocycles. The van der Waals surface area contributed by atoms with E-state index < -0.39 is 0 Å². The molecule has 3 heterocycles. The van der Waals surface area contributed by atoms with Gasteiger partial charge in [-0.25, -0.2) is 4.68 Å². The third-order valence-electron chi connectivity index (χ3n) is 7.05. The van der Waals surface area contributed by atoms with Crippen molar-refractivity contribution in [3.8, 4) is 5.69 Å². The SMILES string of the molecule is Cc1ccc(C(=O)N2CC(N3C(=O)c4c(c(C)nn4-c4ccccc4)C3C3CC3)C2)cc1. The third-order valence-corrected chi connectivity index (χ3v) is 7.05. The van der Waals surface area contributed by atoms with Crippen molar-refractivity contribution in [2.24, 2.45) is 5.92 Å². The number of likely N-dealkylation sites (tertiary alicyclic amines) is 1. The summed E-state index contributed by atoms with van der Waals surface area (Å²) in [7, 11) is 0. The van der Waals surface area contributed by atoms with Crippen LogP contribution in [0.3, 0.4) is 0 Å². The van der Waals surface area contributed by atoms with Crippen LogP contribution in [0.1, 0.15) is 56.6 Å². The van der Waals surface area contributed by atoms with Gasteiger partial charge in [-0.3, -0.25) is 9.59 Å². The molecule has 32 heavy (non-hydrogen) atoms. The van der Waals surface area contributed by atoms with Crippen LogP contribution >= 0.6 is 0 Å². The highest BCUT2D eigenvalue weighted by Crippen LogP contribution is 2.52. The predicted octanol–water partition coefficient (Wildman–Crippen LogP) is 3.92. The number of hydrogen-bond acceptors (Lipinski definition) is 3. The molecular weight excluding hydrogens is 400 g/mol. The zero-order chi connectivity index (χ0) is 22.0. The first kappa shape index (κ1) is 19.3. The van der Waals surface area contributed by atoms with Gasteiger partial charge in [0.05, 0.1) is 23.5 Å². The van der Waals surface area contributed by atoms with Crippen molar-refractivity contribution in [1.29, 1.82) is 0 Å². The summed E-state index contributed by atoms with van der Waals surface area (Å²) in [6.07, 6.45) is 2.28. The molecule has 0 radical (unpaired) electrons. The molecule has 0 bridgehead atoms. The van der Waals surface area contributed by atoms with Gasteiger partial charge in [-0.15, -0.1) is 0 Å². The van der Waals surface area contributed by atoms with Gasteiger partial charge in [-0.05, 0) is 56.9 Å². The van der Waals surface area contributed by atoms with Crippen LogP contribution in [-0.4, -0.2) is 50.5 Å². The van der Waals surface area contributed by atoms with Crippen LogP contribution in [0.15, 0.2) is 54.6 Å². The van der Waals surface area contributed by atoms with Crippen molar-refractivity contribution in [3.05, 3.63) is 82.7 Å². The molecule has 1 aliphatic carbocycles. The maximum Gasteiger partial charge on any atom is 0.273 e. The summed E-state index contributed by atoms with van der Waals surface area (Å²) in [6.45, 7) is 5.20. The molecule has 2 amide bonds. The Morgan fingerprint density at radius 1 is 0.969 bits per heavy atom. The fourth-order valence-electron chi connectivity index (χ4n) is 5.19. The molecule has 3 aliphatic rings. The van der Waals surface area contributed by atoms with E-state index in [1.54, 1.807) is 0 Å². The number of nitrogens with zero attached hydrogens (tertiary/aromatic N) is 4. The number of para-hydroxylation sites is 1. The first-order valence-electron chi connectivity index (χ1n) is 11.4. The number of rotatable bonds is 4. The maximum absolute atomic E-state index is 13.7. The van der Waals surface area contributed by atoms with E-state index in [4.69, 9.17) is 5.10 Å². The van der Waals surface area contributed by atoms with Crippen LogP contribution in [0.5, 0.6) is 0 Å². The van der Waals surface area contributed by atoms with Crippen molar-refractivity contribution in [2.45, 2.75) is 38.8 Å². The van der Waals surface area contributed by atoms with Crippen LogP contribution in [0.25, 0.3) is 5.69 Å². The second kappa shape index (κ2) is 7.05. The molecule has 162 valence electrons. The summed E-state index contributed by atoms with van der Waals surface area (Å²) in [5, 5.41) is 4.75. The molecule has 2 fully saturated rings. The summed E-state index contributed by atoms with van der Waals surface area (Å²) >= 11 is 0. The normalized spacial score (nSPS) is 20.4. The zero-order valence-electron chi connectivity index (χ0n) is 18.4. The number of hydrogen-bond donors (Lipinski definition) is 0. The Morgan fingerprint density at radius 3 is 2.31 bits per heavy atom. The fraction of sp³-hybridized carbons (Fsp3) is 0.346. The number of aromatic nitrogens is 2. The summed E-state index contributed by atoms with van der Waals surface area (Å²) < 4.78 is 1.82. The van der Waals surface area contributed by atoms with Gasteiger partial charge in [-0.2, -0.15) is 5.10 Å². The monoisotopic (exact) mass is 426 g/mol. The standard InChI is InChI=1S/C26H26N4O2/c1-16-8-10-19(11-9-16)25(31)28-14-21(15-28)29-23(18-12-13-18)22-17(2)27-30(24(22)26(29)32)20-6-4-3-5-7-20/h3-11,18,21,23H,12-15H2,1-2H3. The lowest BCUT2D eigenvalue weighted by Gasteiger charge is -2.46. The van der Waals surface area contributed by atoms with E-state index in [9.17, 15) is 9.59 Å². The molecule has 1 saturated carbocycles. The Hall–Kier alpha value is -3.41. The second-order valence-corrected chi connectivity index (χ2v) is 9.32. The molecule has 6 rings (SSSR count). The minimum absolute atomic E-state index is 0.0417. The van der Waals surface area contributed by atoms with Crippen LogP contribution in [-0.2, 0) is 0 Å². The van der Waals surface area contributed by atoms with E-state index in [0.717, 1.165) is 35.3 Å². The highest BCUT2D eigenvalue weighted by Gasteiger charge is 2.53. The number of carbonyl (C=O) groups is 2. The van der Waals surface area contributed by atoms with Crippen molar-refractivity contribution in [2.75, 3.05) is 13.1 Å². The summed E-state index contributed by atoms with van der Waals surface area (Å²) in [6, 6.07) is 17.7. The Bertz CT molecular complexity index is 1200. The molecule has 2 aliphatic heterocycles. The van der Waals surface area contributed by atoms with Crippen LogP contribution in [0, 0.1) is 19.8 Å².